The second-order valence-electron chi connectivity index (χ2n) is 8.76. The molecule has 3 aromatic rings. The maximum absolute atomic E-state index is 13.5. The van der Waals surface area contributed by atoms with Gasteiger partial charge in [-0.05, 0) is 30.3 Å². The maximum Gasteiger partial charge on any atom is 0.416 e. The highest BCUT2D eigenvalue weighted by atomic mass is 35.6. The van der Waals surface area contributed by atoms with E-state index in [1.165, 1.54) is 36.4 Å². The third kappa shape index (κ3) is 6.18. The molecule has 1 unspecified atom stereocenters. The number of rotatable bonds is 7. The molecule has 12 nitrogen and oxygen atoms in total. The van der Waals surface area contributed by atoms with Gasteiger partial charge in [-0.25, -0.2) is 14.7 Å². The Morgan fingerprint density at radius 2 is 1.37 bits per heavy atom. The van der Waals surface area contributed by atoms with E-state index in [0.717, 1.165) is 42.3 Å². The van der Waals surface area contributed by atoms with Crippen molar-refractivity contribution in [1.29, 1.82) is 0 Å². The number of para-hydroxylation sites is 4. The zero-order valence-electron chi connectivity index (χ0n) is 21.4. The lowest BCUT2D eigenvalue weighted by atomic mass is 10.1. The molecule has 1 atom stereocenters. The number of likely N-dealkylation sites (N-methyl/N-ethyl adjacent to an activating group) is 1. The SMILES string of the molecule is CN1C(=O)C(=NC(N(c2ccccc2[N+](=O)[O-])c2ccccc2[N+](=O)[O-])C(Cl)(Cl)Cl)N(c2cccc(C(F)(F)F)c2)C1=O. The number of alkyl halides is 6. The molecule has 1 fully saturated rings. The lowest BCUT2D eigenvalue weighted by Gasteiger charge is -2.34. The number of halogens is 6. The van der Waals surface area contributed by atoms with Crippen LogP contribution in [-0.2, 0) is 11.0 Å². The van der Waals surface area contributed by atoms with E-state index in [4.69, 9.17) is 34.8 Å². The van der Waals surface area contributed by atoms with E-state index in [1.807, 2.05) is 0 Å². The van der Waals surface area contributed by atoms with Crippen LogP contribution in [0.25, 0.3) is 0 Å². The molecule has 43 heavy (non-hydrogen) atoms. The van der Waals surface area contributed by atoms with Crippen LogP contribution < -0.4 is 9.80 Å². The van der Waals surface area contributed by atoms with Crippen molar-refractivity contribution in [2.75, 3.05) is 16.8 Å². The number of nitro groups is 2. The molecular weight excluding hydrogens is 644 g/mol. The van der Waals surface area contributed by atoms with Crippen LogP contribution >= 0.6 is 34.8 Å². The molecule has 1 aliphatic heterocycles. The van der Waals surface area contributed by atoms with E-state index in [1.54, 1.807) is 0 Å². The zero-order chi connectivity index (χ0) is 31.9. The number of urea groups is 1. The number of aliphatic imine (C=N–C) groups is 1. The monoisotopic (exact) mass is 658 g/mol. The Morgan fingerprint density at radius 3 is 1.84 bits per heavy atom. The fourth-order valence-corrected chi connectivity index (χ4v) is 4.61. The molecule has 0 radical (unpaired) electrons. The van der Waals surface area contributed by atoms with Crippen molar-refractivity contribution in [2.45, 2.75) is 16.1 Å². The van der Waals surface area contributed by atoms with Crippen LogP contribution in [0.3, 0.4) is 0 Å². The van der Waals surface area contributed by atoms with Crippen LogP contribution in [0, 0.1) is 20.2 Å². The van der Waals surface area contributed by atoms with Gasteiger partial charge in [-0.3, -0.25) is 29.9 Å². The van der Waals surface area contributed by atoms with Crippen LogP contribution in [-0.4, -0.2) is 49.5 Å². The number of nitrogens with zero attached hydrogens (tertiary/aromatic N) is 6. The third-order valence-corrected chi connectivity index (χ3v) is 6.66. The molecule has 1 aliphatic rings. The van der Waals surface area contributed by atoms with Gasteiger partial charge in [0.05, 0.1) is 21.1 Å². The molecule has 0 saturated carbocycles. The minimum atomic E-state index is -4.82. The quantitative estimate of drug-likeness (QED) is 0.117. The van der Waals surface area contributed by atoms with Crippen molar-refractivity contribution in [3.05, 3.63) is 98.6 Å². The van der Waals surface area contributed by atoms with Crippen molar-refractivity contribution >= 4 is 81.0 Å². The number of nitro benzene ring substituents is 2. The summed E-state index contributed by atoms with van der Waals surface area (Å²) in [6.07, 6.45) is -6.87. The zero-order valence-corrected chi connectivity index (χ0v) is 23.7. The predicted octanol–water partition coefficient (Wildman–Crippen LogP) is 6.85. The molecule has 4 rings (SSSR count). The minimum absolute atomic E-state index is 0.363. The number of amides is 3. The van der Waals surface area contributed by atoms with E-state index < -0.39 is 66.4 Å². The average Bonchev–Trinajstić information content (AvgIpc) is 3.15. The first kappa shape index (κ1) is 31.5. The van der Waals surface area contributed by atoms with Gasteiger partial charge < -0.3 is 4.90 Å². The summed E-state index contributed by atoms with van der Waals surface area (Å²) in [7, 11) is 1.03. The average molecular weight is 660 g/mol. The molecular formula is C25H16Cl3F3N6O6. The summed E-state index contributed by atoms with van der Waals surface area (Å²) in [4.78, 5) is 54.7. The van der Waals surface area contributed by atoms with Crippen molar-refractivity contribution in [2.24, 2.45) is 4.99 Å². The third-order valence-electron chi connectivity index (χ3n) is 6.08. The lowest BCUT2D eigenvalue weighted by molar-refractivity contribution is -0.384. The first-order chi connectivity index (χ1) is 20.0. The Kier molecular flexibility index (Phi) is 8.53. The van der Waals surface area contributed by atoms with Crippen molar-refractivity contribution in [3.63, 3.8) is 0 Å². The van der Waals surface area contributed by atoms with Crippen LogP contribution in [0.4, 0.5) is 46.4 Å². The van der Waals surface area contributed by atoms with Crippen LogP contribution in [0.5, 0.6) is 0 Å². The number of anilines is 3. The van der Waals surface area contributed by atoms with Gasteiger partial charge in [0.2, 0.25) is 9.63 Å². The Labute approximate surface area is 254 Å². The Hall–Kier alpha value is -4.47. The van der Waals surface area contributed by atoms with Crippen molar-refractivity contribution in [1.82, 2.24) is 4.90 Å². The first-order valence-corrected chi connectivity index (χ1v) is 12.9. The Balaban J connectivity index is 2.04. The fourth-order valence-electron chi connectivity index (χ4n) is 4.17. The topological polar surface area (TPSA) is 142 Å². The van der Waals surface area contributed by atoms with Crippen molar-refractivity contribution in [3.8, 4) is 0 Å². The van der Waals surface area contributed by atoms with E-state index in [-0.39, 0.29) is 11.4 Å². The smallest absolute Gasteiger partial charge is 0.303 e. The molecule has 0 aliphatic carbocycles. The maximum atomic E-state index is 13.5. The van der Waals surface area contributed by atoms with Gasteiger partial charge in [0.15, 0.2) is 6.17 Å². The predicted molar refractivity (Wildman–Crippen MR) is 152 cm³/mol. The Morgan fingerprint density at radius 1 is 0.860 bits per heavy atom. The number of hydrogen-bond donors (Lipinski definition) is 0. The van der Waals surface area contributed by atoms with E-state index in [2.05, 4.69) is 4.99 Å². The summed E-state index contributed by atoms with van der Waals surface area (Å²) in [5, 5.41) is 24.0. The second-order valence-corrected chi connectivity index (χ2v) is 11.1. The molecule has 224 valence electrons. The number of benzene rings is 3. The summed E-state index contributed by atoms with van der Waals surface area (Å²) in [5.74, 6) is -1.96. The summed E-state index contributed by atoms with van der Waals surface area (Å²) in [5.41, 5.74) is -3.53. The molecule has 0 N–H and O–H groups in total. The van der Waals surface area contributed by atoms with Gasteiger partial charge in [-0.15, -0.1) is 0 Å². The highest BCUT2D eigenvalue weighted by Gasteiger charge is 2.47. The van der Waals surface area contributed by atoms with E-state index >= 15 is 0 Å². The van der Waals surface area contributed by atoms with Crippen LogP contribution in [0.2, 0.25) is 0 Å². The number of carbonyl (C=O) groups is 2. The normalized spacial score (nSPS) is 15.7. The molecule has 3 aromatic carbocycles. The number of hydrogen-bond acceptors (Lipinski definition) is 8. The Bertz CT molecular complexity index is 1610. The van der Waals surface area contributed by atoms with Crippen LogP contribution in [0.15, 0.2) is 77.8 Å². The van der Waals surface area contributed by atoms with E-state index in [0.29, 0.717) is 15.9 Å². The number of amidine groups is 1. The van der Waals surface area contributed by atoms with Gasteiger partial charge >= 0.3 is 12.2 Å². The fraction of sp³-hybridized carbons (Fsp3) is 0.160. The van der Waals surface area contributed by atoms with Gasteiger partial charge in [0, 0.05) is 19.2 Å². The van der Waals surface area contributed by atoms with Gasteiger partial charge in [-0.2, -0.15) is 13.2 Å². The molecule has 0 spiro atoms. The molecule has 18 heteroatoms. The molecule has 3 amide bonds. The van der Waals surface area contributed by atoms with Gasteiger partial charge in [0.1, 0.15) is 11.4 Å². The second kappa shape index (κ2) is 11.7. The molecule has 1 saturated heterocycles. The highest BCUT2D eigenvalue weighted by molar-refractivity contribution is 6.68. The molecule has 1 heterocycles. The summed E-state index contributed by atoms with van der Waals surface area (Å²) < 4.78 is 37.8. The summed E-state index contributed by atoms with van der Waals surface area (Å²) >= 11 is 18.9. The first-order valence-electron chi connectivity index (χ1n) is 11.7. The summed E-state index contributed by atoms with van der Waals surface area (Å²) in [6, 6.07) is 12.1. The van der Waals surface area contributed by atoms with Crippen molar-refractivity contribution < 1.29 is 32.6 Å². The largest absolute Gasteiger partial charge is 0.416 e. The lowest BCUT2D eigenvalue weighted by Crippen LogP contribution is -2.43. The standard InChI is InChI=1S/C25H16Cl3F3N6O6/c1-33-21(38)20(34(23(33)39)15-8-6-7-14(13-15)25(29,30)31)32-22(24(26,27)28)35(16-9-2-4-11-18(16)36(40)41)17-10-3-5-12-19(17)37(42)43/h2-13,22H,1H3. The van der Waals surface area contributed by atoms with Gasteiger partial charge in [0.25, 0.3) is 17.3 Å². The van der Waals surface area contributed by atoms with Crippen LogP contribution in [0.1, 0.15) is 5.56 Å². The minimum Gasteiger partial charge on any atom is -0.303 e. The molecule has 0 aromatic heterocycles. The molecule has 0 bridgehead atoms. The number of imide groups is 1. The summed E-state index contributed by atoms with van der Waals surface area (Å²) in [6.45, 7) is 0. The highest BCUT2D eigenvalue weighted by Crippen LogP contribution is 2.46. The number of carbonyl (C=O) groups excluding carboxylic acids is 2. The van der Waals surface area contributed by atoms with Gasteiger partial charge in [-0.1, -0.05) is 65.1 Å². The van der Waals surface area contributed by atoms with E-state index in [9.17, 15) is 43.0 Å².